The van der Waals surface area contributed by atoms with E-state index in [2.05, 4.69) is 0 Å². The van der Waals surface area contributed by atoms with Gasteiger partial charge in [0.1, 0.15) is 0 Å². The van der Waals surface area contributed by atoms with Crippen LogP contribution < -0.4 is 5.46 Å². The van der Waals surface area contributed by atoms with E-state index < -0.39 is 18.7 Å². The van der Waals surface area contributed by atoms with Crippen LogP contribution in [0.4, 0.5) is 4.39 Å². The average molecular weight is 204 g/mol. The van der Waals surface area contributed by atoms with Gasteiger partial charge in [0.2, 0.25) is 0 Å². The maximum atomic E-state index is 12.9. The fourth-order valence-electron chi connectivity index (χ4n) is 0.991. The Morgan fingerprint density at radius 2 is 2.00 bits per heavy atom. The molecule has 3 nitrogen and oxygen atoms in total. The third-order valence-corrected chi connectivity index (χ3v) is 2.04. The highest BCUT2D eigenvalue weighted by Crippen LogP contribution is 2.25. The molecule has 0 bridgehead atoms. The zero-order valence-corrected chi connectivity index (χ0v) is 7.51. The zero-order chi connectivity index (χ0) is 10.2. The smallest absolute Gasteiger partial charge is 0.488 e. The van der Waals surface area contributed by atoms with E-state index in [1.165, 1.54) is 6.92 Å². The number of hydrogen-bond donors (Lipinski definition) is 3. The van der Waals surface area contributed by atoms with Crippen LogP contribution in [0.25, 0.3) is 0 Å². The molecule has 0 spiro atoms. The second kappa shape index (κ2) is 3.53. The number of aromatic hydroxyl groups is 1. The van der Waals surface area contributed by atoms with E-state index in [1.807, 2.05) is 0 Å². The summed E-state index contributed by atoms with van der Waals surface area (Å²) in [5, 5.41) is 26.4. The van der Waals surface area contributed by atoms with Crippen molar-refractivity contribution in [3.8, 4) is 5.75 Å². The summed E-state index contributed by atoms with van der Waals surface area (Å²) in [7, 11) is -1.77. The molecule has 0 aliphatic rings. The Bertz CT molecular complexity index is 343. The van der Waals surface area contributed by atoms with Gasteiger partial charge in [0.25, 0.3) is 0 Å². The first kappa shape index (κ1) is 10.3. The van der Waals surface area contributed by atoms with Crippen LogP contribution in [0.5, 0.6) is 5.75 Å². The number of phenols is 1. The summed E-state index contributed by atoms with van der Waals surface area (Å²) in [4.78, 5) is 0. The van der Waals surface area contributed by atoms with Crippen molar-refractivity contribution >= 4 is 24.2 Å². The molecule has 0 atom stereocenters. The lowest BCUT2D eigenvalue weighted by molar-refractivity contribution is 0.418. The Labute approximate surface area is 79.5 Å². The van der Waals surface area contributed by atoms with Crippen molar-refractivity contribution in [3.63, 3.8) is 0 Å². The van der Waals surface area contributed by atoms with Gasteiger partial charge in [0.15, 0.2) is 11.6 Å². The highest BCUT2D eigenvalue weighted by molar-refractivity contribution is 6.59. The second-order valence-electron chi connectivity index (χ2n) is 2.61. The fourth-order valence-corrected chi connectivity index (χ4v) is 1.20. The number of halogens is 2. The summed E-state index contributed by atoms with van der Waals surface area (Å²) in [6.45, 7) is 1.36. The van der Waals surface area contributed by atoms with Crippen LogP contribution >= 0.6 is 11.6 Å². The predicted octanol–water partition coefficient (Wildman–Crippen LogP) is 0.173. The molecule has 6 heteroatoms. The number of benzene rings is 1. The third kappa shape index (κ3) is 1.77. The first-order valence-corrected chi connectivity index (χ1v) is 3.86. The molecule has 13 heavy (non-hydrogen) atoms. The minimum atomic E-state index is -1.77. The molecule has 0 saturated heterocycles. The molecule has 1 rings (SSSR count). The van der Waals surface area contributed by atoms with Gasteiger partial charge in [-0.2, -0.15) is 0 Å². The highest BCUT2D eigenvalue weighted by atomic mass is 35.5. The van der Waals surface area contributed by atoms with E-state index in [4.69, 9.17) is 26.8 Å². The largest absolute Gasteiger partial charge is 0.505 e. The lowest BCUT2D eigenvalue weighted by Gasteiger charge is -2.08. The molecule has 0 saturated carbocycles. The van der Waals surface area contributed by atoms with E-state index in [0.29, 0.717) is 0 Å². The van der Waals surface area contributed by atoms with Gasteiger partial charge in [-0.05, 0) is 24.0 Å². The van der Waals surface area contributed by atoms with Crippen LogP contribution in [0.3, 0.4) is 0 Å². The monoisotopic (exact) mass is 204 g/mol. The van der Waals surface area contributed by atoms with E-state index in [9.17, 15) is 4.39 Å². The van der Waals surface area contributed by atoms with Crippen molar-refractivity contribution < 1.29 is 19.5 Å². The SMILES string of the molecule is Cc1c(B(O)O)cc(Cl)c(F)c1O. The minimum Gasteiger partial charge on any atom is -0.505 e. The first-order chi connectivity index (χ1) is 5.95. The topological polar surface area (TPSA) is 60.7 Å². The Kier molecular flexibility index (Phi) is 2.80. The van der Waals surface area contributed by atoms with Gasteiger partial charge in [0.05, 0.1) is 5.02 Å². The zero-order valence-electron chi connectivity index (χ0n) is 6.75. The molecule has 0 fully saturated rings. The molecule has 0 aliphatic heterocycles. The predicted molar refractivity (Wildman–Crippen MR) is 47.6 cm³/mol. The fraction of sp³-hybridized carbons (Fsp3) is 0.143. The molecular formula is C7H7BClFO3. The maximum absolute atomic E-state index is 12.9. The summed E-state index contributed by atoms with van der Waals surface area (Å²) >= 11 is 5.38. The van der Waals surface area contributed by atoms with Crippen molar-refractivity contribution in [1.29, 1.82) is 0 Å². The molecule has 1 aromatic carbocycles. The highest BCUT2D eigenvalue weighted by Gasteiger charge is 2.20. The molecule has 1 aromatic rings. The molecule has 0 unspecified atom stereocenters. The average Bonchev–Trinajstić information content (AvgIpc) is 2.07. The third-order valence-electron chi connectivity index (χ3n) is 1.77. The van der Waals surface area contributed by atoms with Crippen LogP contribution in [-0.2, 0) is 0 Å². The Morgan fingerprint density at radius 1 is 1.46 bits per heavy atom. The van der Waals surface area contributed by atoms with Crippen molar-refractivity contribution in [3.05, 3.63) is 22.5 Å². The first-order valence-electron chi connectivity index (χ1n) is 3.48. The summed E-state index contributed by atoms with van der Waals surface area (Å²) in [6, 6.07) is 1.07. The Balaban J connectivity index is 3.41. The van der Waals surface area contributed by atoms with Crippen LogP contribution in [0.2, 0.25) is 5.02 Å². The summed E-state index contributed by atoms with van der Waals surface area (Å²) in [6.07, 6.45) is 0. The van der Waals surface area contributed by atoms with Gasteiger partial charge in [-0.15, -0.1) is 0 Å². The standard InChI is InChI=1S/C7H7BClFO3/c1-3-4(8(12)13)2-5(9)6(10)7(3)11/h2,11-13H,1H3. The maximum Gasteiger partial charge on any atom is 0.488 e. The molecule has 70 valence electrons. The van der Waals surface area contributed by atoms with Crippen molar-refractivity contribution in [1.82, 2.24) is 0 Å². The van der Waals surface area contributed by atoms with Crippen LogP contribution in [0.15, 0.2) is 6.07 Å². The van der Waals surface area contributed by atoms with Gasteiger partial charge in [0, 0.05) is 0 Å². The van der Waals surface area contributed by atoms with Gasteiger partial charge >= 0.3 is 7.12 Å². The van der Waals surface area contributed by atoms with Gasteiger partial charge in [-0.3, -0.25) is 0 Å². The minimum absolute atomic E-state index is 0.0103. The van der Waals surface area contributed by atoms with E-state index in [-0.39, 0.29) is 16.0 Å². The van der Waals surface area contributed by atoms with Gasteiger partial charge < -0.3 is 15.2 Å². The lowest BCUT2D eigenvalue weighted by Crippen LogP contribution is -2.32. The van der Waals surface area contributed by atoms with Crippen LogP contribution in [-0.4, -0.2) is 22.3 Å². The van der Waals surface area contributed by atoms with E-state index in [0.717, 1.165) is 6.07 Å². The molecule has 0 aliphatic carbocycles. The quantitative estimate of drug-likeness (QED) is 0.572. The molecule has 0 heterocycles. The number of rotatable bonds is 1. The molecule has 0 radical (unpaired) electrons. The van der Waals surface area contributed by atoms with Crippen molar-refractivity contribution in [2.24, 2.45) is 0 Å². The molecule has 0 aromatic heterocycles. The molecule has 0 amide bonds. The van der Waals surface area contributed by atoms with Gasteiger partial charge in [-0.1, -0.05) is 11.6 Å². The molecule has 3 N–H and O–H groups in total. The second-order valence-corrected chi connectivity index (χ2v) is 3.02. The van der Waals surface area contributed by atoms with Gasteiger partial charge in [-0.25, -0.2) is 4.39 Å². The normalized spacial score (nSPS) is 10.2. The van der Waals surface area contributed by atoms with Crippen LogP contribution in [0.1, 0.15) is 5.56 Å². The summed E-state index contributed by atoms with van der Waals surface area (Å²) in [5.41, 5.74) is 0.0563. The van der Waals surface area contributed by atoms with E-state index >= 15 is 0 Å². The number of hydrogen-bond acceptors (Lipinski definition) is 3. The Hall–Kier alpha value is -0.775. The van der Waals surface area contributed by atoms with Crippen molar-refractivity contribution in [2.75, 3.05) is 0 Å². The molecular weight excluding hydrogens is 197 g/mol. The van der Waals surface area contributed by atoms with E-state index in [1.54, 1.807) is 0 Å². The lowest BCUT2D eigenvalue weighted by atomic mass is 9.77. The van der Waals surface area contributed by atoms with Crippen LogP contribution in [0, 0.1) is 12.7 Å². The Morgan fingerprint density at radius 3 is 2.46 bits per heavy atom. The summed E-state index contributed by atoms with van der Waals surface area (Å²) in [5.74, 6) is -1.61. The summed E-state index contributed by atoms with van der Waals surface area (Å²) < 4.78 is 12.9. The number of phenolic OH excluding ortho intramolecular Hbond substituents is 1. The van der Waals surface area contributed by atoms with Crippen molar-refractivity contribution in [2.45, 2.75) is 6.92 Å².